The number of aliphatic hydroxyl groups is 1. The summed E-state index contributed by atoms with van der Waals surface area (Å²) in [6, 6.07) is 3.55. The minimum absolute atomic E-state index is 0.573. The molecule has 0 radical (unpaired) electrons. The fourth-order valence-corrected chi connectivity index (χ4v) is 1.79. The van der Waals surface area contributed by atoms with Crippen molar-refractivity contribution in [2.24, 2.45) is 0 Å². The molecule has 1 atom stereocenters. The second-order valence-corrected chi connectivity index (χ2v) is 3.59. The van der Waals surface area contributed by atoms with E-state index >= 15 is 0 Å². The van der Waals surface area contributed by atoms with E-state index in [1.54, 1.807) is 42.5 Å². The van der Waals surface area contributed by atoms with Gasteiger partial charge in [-0.3, -0.25) is 9.67 Å². The maximum Gasteiger partial charge on any atom is 0.143 e. The van der Waals surface area contributed by atoms with Gasteiger partial charge in [0.1, 0.15) is 11.9 Å². The maximum absolute atomic E-state index is 10.3. The Bertz CT molecular complexity index is 496. The summed E-state index contributed by atoms with van der Waals surface area (Å²) in [5, 5.41) is 14.5. The first kappa shape index (κ1) is 11.6. The Labute approximate surface area is 99.7 Å². The van der Waals surface area contributed by atoms with Gasteiger partial charge >= 0.3 is 0 Å². The van der Waals surface area contributed by atoms with Crippen molar-refractivity contribution in [2.45, 2.75) is 19.6 Å². The molecule has 0 amide bonds. The van der Waals surface area contributed by atoms with Gasteiger partial charge in [0, 0.05) is 24.5 Å². The van der Waals surface area contributed by atoms with E-state index in [1.165, 1.54) is 0 Å². The smallest absolute Gasteiger partial charge is 0.143 e. The molecule has 5 nitrogen and oxygen atoms in total. The molecule has 1 N–H and O–H groups in total. The molecule has 2 aromatic rings. The van der Waals surface area contributed by atoms with Gasteiger partial charge < -0.3 is 9.84 Å². The summed E-state index contributed by atoms with van der Waals surface area (Å²) in [5.41, 5.74) is 1.44. The van der Waals surface area contributed by atoms with Gasteiger partial charge in [0.2, 0.25) is 0 Å². The van der Waals surface area contributed by atoms with Crippen LogP contribution in [0, 0.1) is 0 Å². The molecule has 0 saturated heterocycles. The number of aliphatic hydroxyl groups excluding tert-OH is 1. The molecule has 0 aliphatic heterocycles. The van der Waals surface area contributed by atoms with Crippen molar-refractivity contribution in [2.75, 3.05) is 7.11 Å². The lowest BCUT2D eigenvalue weighted by atomic mass is 10.1. The summed E-state index contributed by atoms with van der Waals surface area (Å²) in [5.74, 6) is 0.573. The minimum atomic E-state index is -0.754. The molecule has 0 spiro atoms. The monoisotopic (exact) mass is 233 g/mol. The highest BCUT2D eigenvalue weighted by Crippen LogP contribution is 2.28. The van der Waals surface area contributed by atoms with Crippen LogP contribution in [0.5, 0.6) is 5.75 Å². The molecule has 17 heavy (non-hydrogen) atoms. The normalized spacial score (nSPS) is 12.4. The van der Waals surface area contributed by atoms with Gasteiger partial charge in [-0.05, 0) is 19.1 Å². The van der Waals surface area contributed by atoms with Gasteiger partial charge in [-0.25, -0.2) is 0 Å². The van der Waals surface area contributed by atoms with Crippen LogP contribution in [0.4, 0.5) is 0 Å². The fourth-order valence-electron chi connectivity index (χ4n) is 1.79. The number of methoxy groups -OCH3 is 1. The standard InChI is InChI=1S/C12H15N3O2/c1-3-15-10(5-7-14-15)12(16)9-4-6-13-8-11(9)17-2/h4-8,12,16H,3H2,1-2H3. The predicted octanol–water partition coefficient (Wildman–Crippen LogP) is 1.39. The summed E-state index contributed by atoms with van der Waals surface area (Å²) in [4.78, 5) is 3.96. The number of hydrogen-bond donors (Lipinski definition) is 1. The Hall–Kier alpha value is -1.88. The number of ether oxygens (including phenoxy) is 1. The molecule has 5 heteroatoms. The van der Waals surface area contributed by atoms with Gasteiger partial charge in [-0.15, -0.1) is 0 Å². The third kappa shape index (κ3) is 2.14. The molecular weight excluding hydrogens is 218 g/mol. The zero-order valence-corrected chi connectivity index (χ0v) is 9.87. The van der Waals surface area contributed by atoms with E-state index < -0.39 is 6.10 Å². The van der Waals surface area contributed by atoms with Gasteiger partial charge in [-0.2, -0.15) is 5.10 Å². The second-order valence-electron chi connectivity index (χ2n) is 3.59. The summed E-state index contributed by atoms with van der Waals surface area (Å²) in [6.07, 6.45) is 4.14. The first-order chi connectivity index (χ1) is 8.27. The maximum atomic E-state index is 10.3. The molecule has 0 aromatic carbocycles. The zero-order valence-electron chi connectivity index (χ0n) is 9.87. The topological polar surface area (TPSA) is 60.2 Å². The van der Waals surface area contributed by atoms with Crippen molar-refractivity contribution in [1.29, 1.82) is 0 Å². The summed E-state index contributed by atoms with van der Waals surface area (Å²) < 4.78 is 6.94. The summed E-state index contributed by atoms with van der Waals surface area (Å²) >= 11 is 0. The lowest BCUT2D eigenvalue weighted by Gasteiger charge is -2.15. The zero-order chi connectivity index (χ0) is 12.3. The highest BCUT2D eigenvalue weighted by Gasteiger charge is 2.18. The molecular formula is C12H15N3O2. The number of aromatic nitrogens is 3. The van der Waals surface area contributed by atoms with Gasteiger partial charge in [0.15, 0.2) is 0 Å². The second kappa shape index (κ2) is 4.97. The first-order valence-electron chi connectivity index (χ1n) is 5.45. The average Bonchev–Trinajstić information content (AvgIpc) is 2.86. The molecule has 0 fully saturated rings. The van der Waals surface area contributed by atoms with Gasteiger partial charge in [-0.1, -0.05) is 0 Å². The number of hydrogen-bond acceptors (Lipinski definition) is 4. The number of aryl methyl sites for hydroxylation is 1. The van der Waals surface area contributed by atoms with Gasteiger partial charge in [0.05, 0.1) is 19.0 Å². The molecule has 0 bridgehead atoms. The van der Waals surface area contributed by atoms with Crippen LogP contribution >= 0.6 is 0 Å². The van der Waals surface area contributed by atoms with E-state index in [0.29, 0.717) is 17.9 Å². The minimum Gasteiger partial charge on any atom is -0.495 e. The average molecular weight is 233 g/mol. The quantitative estimate of drug-likeness (QED) is 0.866. The van der Waals surface area contributed by atoms with Crippen LogP contribution in [-0.2, 0) is 6.54 Å². The molecule has 0 saturated carbocycles. The van der Waals surface area contributed by atoms with E-state index in [9.17, 15) is 5.11 Å². The van der Waals surface area contributed by atoms with Crippen molar-refractivity contribution in [1.82, 2.24) is 14.8 Å². The molecule has 2 aromatic heterocycles. The van der Waals surface area contributed by atoms with Crippen LogP contribution in [0.15, 0.2) is 30.7 Å². The molecule has 2 heterocycles. The molecule has 1 unspecified atom stereocenters. The van der Waals surface area contributed by atoms with Crippen molar-refractivity contribution in [3.63, 3.8) is 0 Å². The Kier molecular flexibility index (Phi) is 3.39. The number of pyridine rings is 1. The van der Waals surface area contributed by atoms with Gasteiger partial charge in [0.25, 0.3) is 0 Å². The lowest BCUT2D eigenvalue weighted by Crippen LogP contribution is -2.10. The van der Waals surface area contributed by atoms with Crippen LogP contribution in [0.1, 0.15) is 24.3 Å². The van der Waals surface area contributed by atoms with E-state index in [2.05, 4.69) is 10.1 Å². The van der Waals surface area contributed by atoms with E-state index in [0.717, 1.165) is 5.69 Å². The molecule has 0 aliphatic carbocycles. The van der Waals surface area contributed by atoms with Crippen molar-refractivity contribution < 1.29 is 9.84 Å². The Morgan fingerprint density at radius 3 is 2.94 bits per heavy atom. The Morgan fingerprint density at radius 2 is 2.24 bits per heavy atom. The van der Waals surface area contributed by atoms with Crippen molar-refractivity contribution in [3.8, 4) is 5.75 Å². The van der Waals surface area contributed by atoms with Crippen LogP contribution in [0.3, 0.4) is 0 Å². The third-order valence-electron chi connectivity index (χ3n) is 2.66. The first-order valence-corrected chi connectivity index (χ1v) is 5.45. The SMILES string of the molecule is CCn1nccc1C(O)c1ccncc1OC. The third-order valence-corrected chi connectivity index (χ3v) is 2.66. The van der Waals surface area contributed by atoms with Crippen LogP contribution in [0.25, 0.3) is 0 Å². The number of rotatable bonds is 4. The highest BCUT2D eigenvalue weighted by molar-refractivity contribution is 5.36. The predicted molar refractivity (Wildman–Crippen MR) is 62.8 cm³/mol. The summed E-state index contributed by atoms with van der Waals surface area (Å²) in [6.45, 7) is 2.69. The Balaban J connectivity index is 2.40. The van der Waals surface area contributed by atoms with Crippen molar-refractivity contribution >= 4 is 0 Å². The van der Waals surface area contributed by atoms with E-state index in [-0.39, 0.29) is 0 Å². The number of nitrogens with zero attached hydrogens (tertiary/aromatic N) is 3. The molecule has 0 aliphatic rings. The van der Waals surface area contributed by atoms with Crippen LogP contribution < -0.4 is 4.74 Å². The largest absolute Gasteiger partial charge is 0.495 e. The van der Waals surface area contributed by atoms with Crippen LogP contribution in [0.2, 0.25) is 0 Å². The Morgan fingerprint density at radius 1 is 1.41 bits per heavy atom. The molecule has 90 valence electrons. The van der Waals surface area contributed by atoms with Crippen molar-refractivity contribution in [3.05, 3.63) is 42.0 Å². The lowest BCUT2D eigenvalue weighted by molar-refractivity contribution is 0.202. The molecule has 2 rings (SSSR count). The summed E-state index contributed by atoms with van der Waals surface area (Å²) in [7, 11) is 1.56. The highest BCUT2D eigenvalue weighted by atomic mass is 16.5. The van der Waals surface area contributed by atoms with Crippen LogP contribution in [-0.4, -0.2) is 27.0 Å². The van der Waals surface area contributed by atoms with E-state index in [4.69, 9.17) is 4.74 Å². The van der Waals surface area contributed by atoms with E-state index in [1.807, 2.05) is 6.92 Å². The fraction of sp³-hybridized carbons (Fsp3) is 0.333.